The monoisotopic (exact) mass is 308 g/mol. The van der Waals surface area contributed by atoms with Gasteiger partial charge in [0.05, 0.1) is 0 Å². The van der Waals surface area contributed by atoms with E-state index in [4.69, 9.17) is 5.73 Å². The number of nitrogens with two attached hydrogens (primary N) is 1. The maximum atomic E-state index is 12.9. The van der Waals surface area contributed by atoms with Crippen LogP contribution in [0.5, 0.6) is 0 Å². The fraction of sp³-hybridized carbons (Fsp3) is 0.263. The van der Waals surface area contributed by atoms with Crippen LogP contribution < -0.4 is 5.73 Å². The molecule has 2 aromatic rings. The van der Waals surface area contributed by atoms with Gasteiger partial charge in [0.25, 0.3) is 5.91 Å². The van der Waals surface area contributed by atoms with E-state index in [-0.39, 0.29) is 17.7 Å². The molecule has 1 aliphatic rings. The molecule has 2 aromatic carbocycles. The predicted octanol–water partition coefficient (Wildman–Crippen LogP) is 2.50. The lowest BCUT2D eigenvalue weighted by Gasteiger charge is -2.38. The molecule has 1 heterocycles. The Balaban J connectivity index is 1.91. The van der Waals surface area contributed by atoms with Crippen LogP contribution in [0.4, 0.5) is 0 Å². The van der Waals surface area contributed by atoms with Gasteiger partial charge in [0.15, 0.2) is 5.78 Å². The van der Waals surface area contributed by atoms with Crippen LogP contribution in [0.25, 0.3) is 0 Å². The number of carbonyl (C=O) groups excluding carboxylic acids is 2. The molecule has 2 N–H and O–H groups in total. The Morgan fingerprint density at radius 2 is 1.48 bits per heavy atom. The van der Waals surface area contributed by atoms with Gasteiger partial charge in [-0.15, -0.1) is 0 Å². The maximum absolute atomic E-state index is 12.9. The first-order valence-electron chi connectivity index (χ1n) is 7.89. The van der Waals surface area contributed by atoms with Gasteiger partial charge in [-0.1, -0.05) is 48.5 Å². The molecule has 1 amide bonds. The first kappa shape index (κ1) is 15.4. The zero-order valence-corrected chi connectivity index (χ0v) is 12.9. The van der Waals surface area contributed by atoms with Crippen molar-refractivity contribution in [2.75, 3.05) is 6.54 Å². The smallest absolute Gasteiger partial charge is 0.254 e. The first-order valence-corrected chi connectivity index (χ1v) is 7.89. The van der Waals surface area contributed by atoms with Crippen LogP contribution >= 0.6 is 0 Å². The van der Waals surface area contributed by atoms with E-state index < -0.39 is 6.04 Å². The molecule has 1 fully saturated rings. The molecule has 2 unspecified atom stereocenters. The number of ketones is 1. The van der Waals surface area contributed by atoms with Crippen LogP contribution in [0.3, 0.4) is 0 Å². The van der Waals surface area contributed by atoms with Gasteiger partial charge in [-0.05, 0) is 25.0 Å². The van der Waals surface area contributed by atoms with E-state index in [0.29, 0.717) is 17.7 Å². The second-order valence-electron chi connectivity index (χ2n) is 5.85. The van der Waals surface area contributed by atoms with Gasteiger partial charge < -0.3 is 10.6 Å². The lowest BCUT2D eigenvalue weighted by atomic mass is 9.90. The standard InChI is InChI=1S/C19H20N2O2/c20-16-12-7-13-21(19(23)15-10-5-2-6-11-15)17(16)18(22)14-8-3-1-4-9-14/h1-6,8-11,16-17H,7,12-13,20H2. The van der Waals surface area contributed by atoms with Crippen molar-refractivity contribution < 1.29 is 9.59 Å². The quantitative estimate of drug-likeness (QED) is 0.886. The van der Waals surface area contributed by atoms with Gasteiger partial charge in [0.2, 0.25) is 0 Å². The highest BCUT2D eigenvalue weighted by Crippen LogP contribution is 2.22. The maximum Gasteiger partial charge on any atom is 0.254 e. The summed E-state index contributed by atoms with van der Waals surface area (Å²) in [5.41, 5.74) is 7.40. The summed E-state index contributed by atoms with van der Waals surface area (Å²) in [6.45, 7) is 0.560. The highest BCUT2D eigenvalue weighted by molar-refractivity contribution is 6.04. The fourth-order valence-electron chi connectivity index (χ4n) is 3.11. The van der Waals surface area contributed by atoms with Gasteiger partial charge in [-0.25, -0.2) is 0 Å². The van der Waals surface area contributed by atoms with E-state index in [1.807, 2.05) is 36.4 Å². The van der Waals surface area contributed by atoms with Gasteiger partial charge in [0, 0.05) is 23.7 Å². The Kier molecular flexibility index (Phi) is 4.53. The Morgan fingerprint density at radius 1 is 0.913 bits per heavy atom. The average molecular weight is 308 g/mol. The Bertz CT molecular complexity index is 685. The summed E-state index contributed by atoms with van der Waals surface area (Å²) in [7, 11) is 0. The van der Waals surface area contributed by atoms with Gasteiger partial charge >= 0.3 is 0 Å². The Labute approximate surface area is 135 Å². The first-order chi connectivity index (χ1) is 11.2. The molecule has 0 radical (unpaired) electrons. The zero-order valence-electron chi connectivity index (χ0n) is 12.9. The highest BCUT2D eigenvalue weighted by atomic mass is 16.2. The topological polar surface area (TPSA) is 63.4 Å². The van der Waals surface area contributed by atoms with Crippen molar-refractivity contribution in [3.8, 4) is 0 Å². The largest absolute Gasteiger partial charge is 0.327 e. The third kappa shape index (κ3) is 3.17. The number of amides is 1. The summed E-state index contributed by atoms with van der Waals surface area (Å²) in [5, 5.41) is 0. The van der Waals surface area contributed by atoms with E-state index in [1.165, 1.54) is 0 Å². The average Bonchev–Trinajstić information content (AvgIpc) is 2.62. The molecule has 118 valence electrons. The van der Waals surface area contributed by atoms with E-state index in [0.717, 1.165) is 12.8 Å². The third-order valence-corrected chi connectivity index (χ3v) is 4.29. The van der Waals surface area contributed by atoms with Crippen LogP contribution in [-0.4, -0.2) is 35.2 Å². The van der Waals surface area contributed by atoms with Crippen LogP contribution in [0.1, 0.15) is 33.6 Å². The molecule has 1 saturated heterocycles. The molecule has 3 rings (SSSR count). The number of Topliss-reactive ketones (excluding diaryl/α,β-unsaturated/α-hetero) is 1. The molecule has 0 aliphatic carbocycles. The molecule has 0 saturated carbocycles. The lowest BCUT2D eigenvalue weighted by molar-refractivity contribution is 0.0514. The summed E-state index contributed by atoms with van der Waals surface area (Å²) in [6.07, 6.45) is 1.57. The number of piperidine rings is 1. The van der Waals surface area contributed by atoms with E-state index >= 15 is 0 Å². The molecular formula is C19H20N2O2. The summed E-state index contributed by atoms with van der Waals surface area (Å²) >= 11 is 0. The molecule has 4 nitrogen and oxygen atoms in total. The van der Waals surface area contributed by atoms with Crippen LogP contribution in [0.15, 0.2) is 60.7 Å². The second kappa shape index (κ2) is 6.75. The summed E-state index contributed by atoms with van der Waals surface area (Å²) in [6, 6.07) is 17.2. The molecule has 23 heavy (non-hydrogen) atoms. The number of hydrogen-bond donors (Lipinski definition) is 1. The van der Waals surface area contributed by atoms with Crippen molar-refractivity contribution in [1.29, 1.82) is 0 Å². The number of rotatable bonds is 3. The molecule has 0 bridgehead atoms. The summed E-state index contributed by atoms with van der Waals surface area (Å²) in [5.74, 6) is -0.211. The highest BCUT2D eigenvalue weighted by Gasteiger charge is 2.38. The minimum absolute atomic E-state index is 0.0814. The SMILES string of the molecule is NC1CCCN(C(=O)c2ccccc2)C1C(=O)c1ccccc1. The molecule has 2 atom stereocenters. The van der Waals surface area contributed by atoms with E-state index in [2.05, 4.69) is 0 Å². The van der Waals surface area contributed by atoms with Crippen LogP contribution in [0.2, 0.25) is 0 Å². The number of benzene rings is 2. The minimum atomic E-state index is -0.598. The predicted molar refractivity (Wildman–Crippen MR) is 89.2 cm³/mol. The van der Waals surface area contributed by atoms with Crippen molar-refractivity contribution in [2.24, 2.45) is 5.73 Å². The molecule has 0 spiro atoms. The molecule has 0 aromatic heterocycles. The molecule has 1 aliphatic heterocycles. The summed E-state index contributed by atoms with van der Waals surface area (Å²) in [4.78, 5) is 27.3. The van der Waals surface area contributed by atoms with Crippen LogP contribution in [-0.2, 0) is 0 Å². The van der Waals surface area contributed by atoms with Crippen molar-refractivity contribution in [3.05, 3.63) is 71.8 Å². The molecule has 4 heteroatoms. The van der Waals surface area contributed by atoms with Crippen molar-refractivity contribution in [3.63, 3.8) is 0 Å². The number of nitrogens with zero attached hydrogens (tertiary/aromatic N) is 1. The lowest BCUT2D eigenvalue weighted by Crippen LogP contribution is -2.58. The fourth-order valence-corrected chi connectivity index (χ4v) is 3.11. The second-order valence-corrected chi connectivity index (χ2v) is 5.85. The number of carbonyl (C=O) groups is 2. The van der Waals surface area contributed by atoms with Gasteiger partial charge in [-0.2, -0.15) is 0 Å². The van der Waals surface area contributed by atoms with Crippen molar-refractivity contribution >= 4 is 11.7 Å². The molecular weight excluding hydrogens is 288 g/mol. The van der Waals surface area contributed by atoms with Crippen molar-refractivity contribution in [1.82, 2.24) is 4.90 Å². The van der Waals surface area contributed by atoms with Crippen molar-refractivity contribution in [2.45, 2.75) is 24.9 Å². The Morgan fingerprint density at radius 3 is 2.09 bits per heavy atom. The zero-order chi connectivity index (χ0) is 16.2. The normalized spacial score (nSPS) is 21.0. The number of hydrogen-bond acceptors (Lipinski definition) is 3. The van der Waals surface area contributed by atoms with Gasteiger partial charge in [0.1, 0.15) is 6.04 Å². The number of likely N-dealkylation sites (tertiary alicyclic amines) is 1. The van der Waals surface area contributed by atoms with Gasteiger partial charge in [-0.3, -0.25) is 9.59 Å². The van der Waals surface area contributed by atoms with E-state index in [1.54, 1.807) is 29.2 Å². The third-order valence-electron chi connectivity index (χ3n) is 4.29. The Hall–Kier alpha value is -2.46. The van der Waals surface area contributed by atoms with E-state index in [9.17, 15) is 9.59 Å². The van der Waals surface area contributed by atoms with Crippen LogP contribution in [0, 0.1) is 0 Å². The minimum Gasteiger partial charge on any atom is -0.327 e. The summed E-state index contributed by atoms with van der Waals surface area (Å²) < 4.78 is 0.